The number of para-hydroxylation sites is 2. The molecule has 29 heavy (non-hydrogen) atoms. The van der Waals surface area contributed by atoms with Crippen molar-refractivity contribution in [3.8, 4) is 0 Å². The minimum Gasteiger partial charge on any atom is -0.379 e. The summed E-state index contributed by atoms with van der Waals surface area (Å²) in [6, 6.07) is 12.3. The summed E-state index contributed by atoms with van der Waals surface area (Å²) in [5.41, 5.74) is 2.54. The van der Waals surface area contributed by atoms with Crippen LogP contribution in [0.4, 0.5) is 11.4 Å². The van der Waals surface area contributed by atoms with Crippen LogP contribution in [0.3, 0.4) is 0 Å². The molecular formula is C21H27N3O4S. The number of carbonyl (C=O) groups is 1. The molecule has 0 aromatic heterocycles. The van der Waals surface area contributed by atoms with Crippen molar-refractivity contribution in [3.63, 3.8) is 0 Å². The minimum absolute atomic E-state index is 0.190. The van der Waals surface area contributed by atoms with Crippen molar-refractivity contribution >= 4 is 27.3 Å². The normalized spacial score (nSPS) is 15.1. The van der Waals surface area contributed by atoms with Crippen molar-refractivity contribution in [2.45, 2.75) is 18.2 Å². The van der Waals surface area contributed by atoms with Gasteiger partial charge in [0.1, 0.15) is 0 Å². The molecular weight excluding hydrogens is 390 g/mol. The zero-order valence-electron chi connectivity index (χ0n) is 17.0. The molecule has 156 valence electrons. The molecule has 1 aliphatic rings. The Labute approximate surface area is 172 Å². The summed E-state index contributed by atoms with van der Waals surface area (Å²) >= 11 is 0. The standard InChI is InChI=1S/C21H27N3O4S/c1-4-16-9-10-17(15-20(16)29(26,27)24-11-13-28-14-12-24)21(25)22-18-7-5-6-8-19(18)23(2)3/h5-10,15H,4,11-14H2,1-3H3,(H,22,25). The molecule has 3 rings (SSSR count). The third-order valence-corrected chi connectivity index (χ3v) is 6.91. The molecule has 1 saturated heterocycles. The van der Waals surface area contributed by atoms with E-state index < -0.39 is 10.0 Å². The van der Waals surface area contributed by atoms with Gasteiger partial charge in [0.2, 0.25) is 10.0 Å². The van der Waals surface area contributed by atoms with E-state index in [1.807, 2.05) is 50.2 Å². The molecule has 8 heteroatoms. The predicted molar refractivity (Wildman–Crippen MR) is 114 cm³/mol. The van der Waals surface area contributed by atoms with Crippen LogP contribution in [0.2, 0.25) is 0 Å². The molecule has 0 bridgehead atoms. The fourth-order valence-electron chi connectivity index (χ4n) is 3.32. The topological polar surface area (TPSA) is 79.0 Å². The molecule has 7 nitrogen and oxygen atoms in total. The van der Waals surface area contributed by atoms with Crippen LogP contribution in [0, 0.1) is 0 Å². The molecule has 0 radical (unpaired) electrons. The Hall–Kier alpha value is -2.42. The van der Waals surface area contributed by atoms with Crippen LogP contribution in [0.1, 0.15) is 22.8 Å². The quantitative estimate of drug-likeness (QED) is 0.782. The lowest BCUT2D eigenvalue weighted by Gasteiger charge is -2.27. The van der Waals surface area contributed by atoms with E-state index in [4.69, 9.17) is 4.74 Å². The highest BCUT2D eigenvalue weighted by Gasteiger charge is 2.29. The summed E-state index contributed by atoms with van der Waals surface area (Å²) < 4.78 is 33.0. The van der Waals surface area contributed by atoms with Gasteiger partial charge in [0.05, 0.1) is 29.5 Å². The fourth-order valence-corrected chi connectivity index (χ4v) is 5.05. The highest BCUT2D eigenvalue weighted by Crippen LogP contribution is 2.26. The average Bonchev–Trinajstić information content (AvgIpc) is 2.74. The van der Waals surface area contributed by atoms with Gasteiger partial charge in [0.25, 0.3) is 5.91 Å². The molecule has 1 amide bonds. The van der Waals surface area contributed by atoms with Crippen LogP contribution < -0.4 is 10.2 Å². The highest BCUT2D eigenvalue weighted by atomic mass is 32.2. The summed E-state index contributed by atoms with van der Waals surface area (Å²) in [6.07, 6.45) is 0.560. The number of hydrogen-bond acceptors (Lipinski definition) is 5. The van der Waals surface area contributed by atoms with E-state index in [0.29, 0.717) is 49.5 Å². The molecule has 1 N–H and O–H groups in total. The van der Waals surface area contributed by atoms with E-state index in [9.17, 15) is 13.2 Å². The van der Waals surface area contributed by atoms with Crippen molar-refractivity contribution in [2.24, 2.45) is 0 Å². The number of rotatable bonds is 6. The van der Waals surface area contributed by atoms with E-state index in [-0.39, 0.29) is 10.8 Å². The zero-order valence-corrected chi connectivity index (χ0v) is 17.8. The number of sulfonamides is 1. The first kappa shape index (κ1) is 21.3. The van der Waals surface area contributed by atoms with Gasteiger partial charge in [-0.05, 0) is 36.2 Å². The molecule has 1 fully saturated rings. The van der Waals surface area contributed by atoms with Crippen molar-refractivity contribution in [2.75, 3.05) is 50.6 Å². The monoisotopic (exact) mass is 417 g/mol. The molecule has 1 heterocycles. The molecule has 1 aliphatic heterocycles. The third-order valence-electron chi connectivity index (χ3n) is 4.93. The van der Waals surface area contributed by atoms with E-state index in [0.717, 1.165) is 5.69 Å². The van der Waals surface area contributed by atoms with Gasteiger partial charge >= 0.3 is 0 Å². The van der Waals surface area contributed by atoms with Crippen molar-refractivity contribution in [1.82, 2.24) is 4.31 Å². The second-order valence-electron chi connectivity index (χ2n) is 7.06. The van der Waals surface area contributed by atoms with Crippen LogP contribution in [-0.4, -0.2) is 59.0 Å². The SMILES string of the molecule is CCc1ccc(C(=O)Nc2ccccc2N(C)C)cc1S(=O)(=O)N1CCOCC1. The van der Waals surface area contributed by atoms with E-state index in [2.05, 4.69) is 5.32 Å². The second-order valence-corrected chi connectivity index (χ2v) is 8.96. The zero-order chi connectivity index (χ0) is 21.0. The summed E-state index contributed by atoms with van der Waals surface area (Å²) in [7, 11) is 0.104. The Kier molecular flexibility index (Phi) is 6.56. The van der Waals surface area contributed by atoms with Crippen LogP contribution in [-0.2, 0) is 21.2 Å². The van der Waals surface area contributed by atoms with Gasteiger partial charge in [-0.25, -0.2) is 8.42 Å². The first-order valence-electron chi connectivity index (χ1n) is 9.63. The molecule has 0 spiro atoms. The predicted octanol–water partition coefficient (Wildman–Crippen LogP) is 2.59. The molecule has 0 aliphatic carbocycles. The number of ether oxygens (including phenoxy) is 1. The fraction of sp³-hybridized carbons (Fsp3) is 0.381. The lowest BCUT2D eigenvalue weighted by molar-refractivity contribution is 0.0730. The molecule has 0 saturated carbocycles. The van der Waals surface area contributed by atoms with Gasteiger partial charge < -0.3 is 15.0 Å². The van der Waals surface area contributed by atoms with Crippen molar-refractivity contribution in [1.29, 1.82) is 0 Å². The smallest absolute Gasteiger partial charge is 0.255 e. The molecule has 0 atom stereocenters. The number of nitrogens with one attached hydrogen (secondary N) is 1. The summed E-state index contributed by atoms with van der Waals surface area (Å²) in [4.78, 5) is 15.0. The Bertz CT molecular complexity index is 983. The number of anilines is 2. The van der Waals surface area contributed by atoms with E-state index in [1.54, 1.807) is 12.1 Å². The lowest BCUT2D eigenvalue weighted by atomic mass is 10.1. The Morgan fingerprint density at radius 3 is 2.48 bits per heavy atom. The Morgan fingerprint density at radius 2 is 1.83 bits per heavy atom. The Morgan fingerprint density at radius 1 is 1.14 bits per heavy atom. The number of hydrogen-bond donors (Lipinski definition) is 1. The third kappa shape index (κ3) is 4.60. The maximum atomic E-state index is 13.2. The summed E-state index contributed by atoms with van der Waals surface area (Å²) in [5.74, 6) is -0.347. The highest BCUT2D eigenvalue weighted by molar-refractivity contribution is 7.89. The van der Waals surface area contributed by atoms with Gasteiger partial charge in [-0.15, -0.1) is 0 Å². The van der Waals surface area contributed by atoms with Gasteiger partial charge in [0.15, 0.2) is 0 Å². The van der Waals surface area contributed by atoms with Crippen LogP contribution >= 0.6 is 0 Å². The first-order valence-corrected chi connectivity index (χ1v) is 11.1. The van der Waals surface area contributed by atoms with Gasteiger partial charge in [-0.2, -0.15) is 4.31 Å². The van der Waals surface area contributed by atoms with Crippen molar-refractivity contribution in [3.05, 3.63) is 53.6 Å². The lowest BCUT2D eigenvalue weighted by Crippen LogP contribution is -2.41. The number of nitrogens with zero attached hydrogens (tertiary/aromatic N) is 2. The molecule has 2 aromatic rings. The van der Waals surface area contributed by atoms with Crippen LogP contribution in [0.5, 0.6) is 0 Å². The number of amides is 1. The van der Waals surface area contributed by atoms with E-state index >= 15 is 0 Å². The second kappa shape index (κ2) is 8.94. The maximum absolute atomic E-state index is 13.2. The average molecular weight is 418 g/mol. The van der Waals surface area contributed by atoms with Crippen LogP contribution in [0.25, 0.3) is 0 Å². The Balaban J connectivity index is 1.93. The first-order chi connectivity index (χ1) is 13.8. The number of morpholine rings is 1. The number of aryl methyl sites for hydroxylation is 1. The van der Waals surface area contributed by atoms with Crippen molar-refractivity contribution < 1.29 is 17.9 Å². The number of benzene rings is 2. The largest absolute Gasteiger partial charge is 0.379 e. The summed E-state index contributed by atoms with van der Waals surface area (Å²) in [6.45, 7) is 3.29. The summed E-state index contributed by atoms with van der Waals surface area (Å²) in [5, 5.41) is 2.89. The number of carbonyl (C=O) groups excluding carboxylic acids is 1. The van der Waals surface area contributed by atoms with E-state index in [1.165, 1.54) is 10.4 Å². The molecule has 0 unspecified atom stereocenters. The van der Waals surface area contributed by atoms with Gasteiger partial charge in [0, 0.05) is 32.7 Å². The van der Waals surface area contributed by atoms with Gasteiger partial charge in [-0.3, -0.25) is 4.79 Å². The maximum Gasteiger partial charge on any atom is 0.255 e. The minimum atomic E-state index is -3.69. The van der Waals surface area contributed by atoms with Gasteiger partial charge in [-0.1, -0.05) is 25.1 Å². The molecule has 2 aromatic carbocycles. The van der Waals surface area contributed by atoms with Crippen LogP contribution in [0.15, 0.2) is 47.4 Å².